The van der Waals surface area contributed by atoms with Crippen molar-refractivity contribution in [1.29, 1.82) is 0 Å². The lowest BCUT2D eigenvalue weighted by atomic mass is 9.85. The van der Waals surface area contributed by atoms with Crippen LogP contribution in [-0.2, 0) is 4.84 Å². The van der Waals surface area contributed by atoms with Gasteiger partial charge in [-0.05, 0) is 18.3 Å². The predicted octanol–water partition coefficient (Wildman–Crippen LogP) is 1.77. The molecule has 0 bridgehead atoms. The maximum atomic E-state index is 11.6. The number of likely N-dealkylation sites (tertiary alicyclic amines) is 1. The highest BCUT2D eigenvalue weighted by molar-refractivity contribution is 5.73. The number of amides is 2. The second-order valence-corrected chi connectivity index (χ2v) is 4.83. The van der Waals surface area contributed by atoms with Crippen molar-refractivity contribution in [2.24, 2.45) is 5.41 Å². The summed E-state index contributed by atoms with van der Waals surface area (Å²) in [6, 6.07) is 0.197. The molecule has 0 aromatic heterocycles. The second kappa shape index (κ2) is 4.17. The van der Waals surface area contributed by atoms with E-state index in [1.807, 2.05) is 4.90 Å². The van der Waals surface area contributed by atoms with Gasteiger partial charge < -0.3 is 4.90 Å². The molecular formula is C10H20N2O2. The molecule has 0 radical (unpaired) electrons. The van der Waals surface area contributed by atoms with Gasteiger partial charge in [0.1, 0.15) is 0 Å². The Bertz CT molecular complexity index is 211. The molecule has 0 saturated carbocycles. The van der Waals surface area contributed by atoms with Crippen LogP contribution in [0.3, 0.4) is 0 Å². The minimum atomic E-state index is -0.120. The first-order chi connectivity index (χ1) is 6.46. The van der Waals surface area contributed by atoms with Crippen LogP contribution in [0.1, 0.15) is 33.6 Å². The fraction of sp³-hybridized carbons (Fsp3) is 0.900. The Hall–Kier alpha value is -0.770. The smallest absolute Gasteiger partial charge is 0.320 e. The maximum Gasteiger partial charge on any atom is 0.341 e. The van der Waals surface area contributed by atoms with Crippen molar-refractivity contribution in [1.82, 2.24) is 10.4 Å². The van der Waals surface area contributed by atoms with Gasteiger partial charge in [0.25, 0.3) is 0 Å². The molecule has 1 aliphatic rings. The normalized spacial score (nSPS) is 22.6. The Morgan fingerprint density at radius 2 is 2.14 bits per heavy atom. The molecule has 4 nitrogen and oxygen atoms in total. The van der Waals surface area contributed by atoms with E-state index in [0.29, 0.717) is 6.04 Å². The van der Waals surface area contributed by atoms with E-state index < -0.39 is 0 Å². The Morgan fingerprint density at radius 3 is 2.64 bits per heavy atom. The molecule has 0 aliphatic carbocycles. The van der Waals surface area contributed by atoms with Crippen LogP contribution in [0.2, 0.25) is 0 Å². The number of hydrogen-bond acceptors (Lipinski definition) is 2. The van der Waals surface area contributed by atoms with Crippen LogP contribution < -0.4 is 5.48 Å². The first kappa shape index (κ1) is 11.3. The van der Waals surface area contributed by atoms with E-state index in [1.165, 1.54) is 7.11 Å². The maximum absolute atomic E-state index is 11.6. The molecule has 1 saturated heterocycles. The van der Waals surface area contributed by atoms with Crippen LogP contribution in [0, 0.1) is 5.41 Å². The molecular weight excluding hydrogens is 180 g/mol. The summed E-state index contributed by atoms with van der Waals surface area (Å²) >= 11 is 0. The number of rotatable bonds is 1. The highest BCUT2D eigenvalue weighted by atomic mass is 16.6. The van der Waals surface area contributed by atoms with Gasteiger partial charge in [-0.15, -0.1) is 0 Å². The van der Waals surface area contributed by atoms with Crippen LogP contribution >= 0.6 is 0 Å². The molecule has 1 N–H and O–H groups in total. The summed E-state index contributed by atoms with van der Waals surface area (Å²) in [5, 5.41) is 0. The molecule has 2 amide bonds. The number of carbonyl (C=O) groups excluding carboxylic acids is 1. The Morgan fingerprint density at radius 1 is 1.50 bits per heavy atom. The summed E-state index contributed by atoms with van der Waals surface area (Å²) in [6.07, 6.45) is 2.17. The van der Waals surface area contributed by atoms with Crippen LogP contribution in [0.15, 0.2) is 0 Å². The number of nitrogens with one attached hydrogen (secondary N) is 1. The summed E-state index contributed by atoms with van der Waals surface area (Å²) in [5.74, 6) is 0. The summed E-state index contributed by atoms with van der Waals surface area (Å²) < 4.78 is 0. The lowest BCUT2D eigenvalue weighted by molar-refractivity contribution is 0.0717. The van der Waals surface area contributed by atoms with Gasteiger partial charge in [-0.2, -0.15) is 0 Å². The van der Waals surface area contributed by atoms with E-state index in [4.69, 9.17) is 0 Å². The third kappa shape index (κ3) is 2.38. The van der Waals surface area contributed by atoms with E-state index in [1.54, 1.807) is 0 Å². The average molecular weight is 200 g/mol. The zero-order valence-electron chi connectivity index (χ0n) is 9.46. The Balaban J connectivity index is 2.64. The van der Waals surface area contributed by atoms with Crippen molar-refractivity contribution in [3.05, 3.63) is 0 Å². The van der Waals surface area contributed by atoms with Gasteiger partial charge in [0.2, 0.25) is 0 Å². The molecule has 1 heterocycles. The molecule has 1 aliphatic heterocycles. The third-order valence-corrected chi connectivity index (χ3v) is 2.70. The summed E-state index contributed by atoms with van der Waals surface area (Å²) in [4.78, 5) is 18.1. The lowest BCUT2D eigenvalue weighted by Gasteiger charge is -2.34. The molecule has 4 heteroatoms. The van der Waals surface area contributed by atoms with Crippen molar-refractivity contribution in [3.8, 4) is 0 Å². The van der Waals surface area contributed by atoms with E-state index in [-0.39, 0.29) is 11.4 Å². The monoisotopic (exact) mass is 200 g/mol. The molecule has 82 valence electrons. The molecule has 1 rings (SSSR count). The van der Waals surface area contributed by atoms with E-state index in [9.17, 15) is 4.79 Å². The molecule has 14 heavy (non-hydrogen) atoms. The topological polar surface area (TPSA) is 41.6 Å². The number of carbonyl (C=O) groups is 1. The van der Waals surface area contributed by atoms with E-state index in [0.717, 1.165) is 19.4 Å². The SMILES string of the molecule is CONC(=O)N1CCCC1C(C)(C)C. The Kier molecular flexibility index (Phi) is 3.37. The van der Waals surface area contributed by atoms with Gasteiger partial charge in [0.05, 0.1) is 7.11 Å². The van der Waals surface area contributed by atoms with Gasteiger partial charge in [-0.25, -0.2) is 10.3 Å². The quantitative estimate of drug-likeness (QED) is 0.655. The summed E-state index contributed by atoms with van der Waals surface area (Å²) in [7, 11) is 1.46. The minimum Gasteiger partial charge on any atom is -0.320 e. The van der Waals surface area contributed by atoms with E-state index in [2.05, 4.69) is 31.1 Å². The fourth-order valence-corrected chi connectivity index (χ4v) is 2.06. The first-order valence-electron chi connectivity index (χ1n) is 5.06. The zero-order valence-corrected chi connectivity index (χ0v) is 9.46. The van der Waals surface area contributed by atoms with Crippen molar-refractivity contribution in [3.63, 3.8) is 0 Å². The standard InChI is InChI=1S/C10H20N2O2/c1-10(2,3)8-6-5-7-12(8)9(13)11-14-4/h8H,5-7H2,1-4H3,(H,11,13). The zero-order chi connectivity index (χ0) is 10.8. The summed E-state index contributed by atoms with van der Waals surface area (Å²) in [5.41, 5.74) is 2.52. The van der Waals surface area contributed by atoms with Gasteiger partial charge in [0, 0.05) is 12.6 Å². The molecule has 1 atom stereocenters. The molecule has 1 unspecified atom stereocenters. The van der Waals surface area contributed by atoms with Gasteiger partial charge >= 0.3 is 6.03 Å². The van der Waals surface area contributed by atoms with Crippen molar-refractivity contribution in [2.45, 2.75) is 39.7 Å². The molecule has 0 aromatic rings. The third-order valence-electron chi connectivity index (χ3n) is 2.70. The van der Waals surface area contributed by atoms with Gasteiger partial charge in [-0.3, -0.25) is 4.84 Å². The Labute approximate surface area is 85.6 Å². The van der Waals surface area contributed by atoms with Crippen LogP contribution in [0.5, 0.6) is 0 Å². The number of hydrogen-bond donors (Lipinski definition) is 1. The minimum absolute atomic E-state index is 0.120. The molecule has 0 aromatic carbocycles. The second-order valence-electron chi connectivity index (χ2n) is 4.83. The lowest BCUT2D eigenvalue weighted by Crippen LogP contribution is -2.47. The average Bonchev–Trinajstić information content (AvgIpc) is 2.50. The van der Waals surface area contributed by atoms with Crippen LogP contribution in [0.25, 0.3) is 0 Å². The predicted molar refractivity (Wildman–Crippen MR) is 54.7 cm³/mol. The molecule has 1 fully saturated rings. The highest BCUT2D eigenvalue weighted by Crippen LogP contribution is 2.32. The van der Waals surface area contributed by atoms with Crippen molar-refractivity contribution >= 4 is 6.03 Å². The highest BCUT2D eigenvalue weighted by Gasteiger charge is 2.36. The van der Waals surface area contributed by atoms with Crippen LogP contribution in [-0.4, -0.2) is 30.6 Å². The van der Waals surface area contributed by atoms with Crippen LogP contribution in [0.4, 0.5) is 4.79 Å². The van der Waals surface area contributed by atoms with Gasteiger partial charge in [-0.1, -0.05) is 20.8 Å². The number of urea groups is 1. The fourth-order valence-electron chi connectivity index (χ4n) is 2.06. The van der Waals surface area contributed by atoms with Gasteiger partial charge in [0.15, 0.2) is 0 Å². The first-order valence-corrected chi connectivity index (χ1v) is 5.06. The van der Waals surface area contributed by atoms with E-state index >= 15 is 0 Å². The number of hydroxylamine groups is 1. The largest absolute Gasteiger partial charge is 0.341 e. The number of nitrogens with zero attached hydrogens (tertiary/aromatic N) is 1. The summed E-state index contributed by atoms with van der Waals surface area (Å²) in [6.45, 7) is 7.32. The molecule has 0 spiro atoms. The van der Waals surface area contributed by atoms with Crippen molar-refractivity contribution in [2.75, 3.05) is 13.7 Å². The van der Waals surface area contributed by atoms with Crippen molar-refractivity contribution < 1.29 is 9.63 Å².